The lowest BCUT2D eigenvalue weighted by Gasteiger charge is -2.03. The van der Waals surface area contributed by atoms with Gasteiger partial charge in [-0.05, 0) is 29.7 Å². The fourth-order valence-corrected chi connectivity index (χ4v) is 1.80. The summed E-state index contributed by atoms with van der Waals surface area (Å²) < 4.78 is 13.2. The molecule has 0 aliphatic carbocycles. The van der Waals surface area contributed by atoms with E-state index in [1.165, 1.54) is 18.3 Å². The molecule has 0 amide bonds. The van der Waals surface area contributed by atoms with Gasteiger partial charge >= 0.3 is 0 Å². The molecule has 0 aliphatic heterocycles. The zero-order chi connectivity index (χ0) is 14.0. The molecule has 1 aromatic carbocycles. The fourth-order valence-electron chi connectivity index (χ4n) is 1.80. The summed E-state index contributed by atoms with van der Waals surface area (Å²) in [5.74, 6) is -0.688. The van der Waals surface area contributed by atoms with Gasteiger partial charge in [0, 0.05) is 17.3 Å². The van der Waals surface area contributed by atoms with Crippen molar-refractivity contribution in [1.29, 1.82) is 0 Å². The van der Waals surface area contributed by atoms with Crippen LogP contribution in [0.25, 0.3) is 11.1 Å². The van der Waals surface area contributed by atoms with Crippen molar-refractivity contribution in [1.82, 2.24) is 4.98 Å². The van der Waals surface area contributed by atoms with Crippen LogP contribution >= 0.6 is 0 Å². The monoisotopic (exact) mass is 259 g/mol. The normalized spacial score (nSPS) is 10.7. The van der Waals surface area contributed by atoms with Gasteiger partial charge in [-0.2, -0.15) is 0 Å². The van der Waals surface area contributed by atoms with Gasteiger partial charge in [-0.3, -0.25) is 9.78 Å². The number of hydrogen-bond donors (Lipinski definition) is 1. The largest absolute Gasteiger partial charge is 0.504 e. The van der Waals surface area contributed by atoms with Crippen LogP contribution in [0.3, 0.4) is 0 Å². The lowest BCUT2D eigenvalue weighted by Crippen LogP contribution is -2.01. The minimum Gasteiger partial charge on any atom is -0.504 e. The number of halogens is 1. The molecule has 98 valence electrons. The molecule has 4 heteroatoms. The second kappa shape index (κ2) is 5.18. The quantitative estimate of drug-likeness (QED) is 0.901. The van der Waals surface area contributed by atoms with Gasteiger partial charge in [0.25, 0.3) is 0 Å². The van der Waals surface area contributed by atoms with Gasteiger partial charge in [-0.25, -0.2) is 4.39 Å². The van der Waals surface area contributed by atoms with Crippen LogP contribution in [0.15, 0.2) is 41.5 Å². The standard InChI is InChI=1S/C15H14FNO2/c1-9(2)10-3-4-14(18)15(19)13(6-10)11-5-12(16)8-17-7-11/h3-9H,1-2H3,(H,18,19). The molecule has 0 aliphatic rings. The molecule has 2 aromatic rings. The Kier molecular flexibility index (Phi) is 3.60. The van der Waals surface area contributed by atoms with Crippen molar-refractivity contribution in [3.8, 4) is 16.9 Å². The predicted molar refractivity (Wildman–Crippen MR) is 71.7 cm³/mol. The van der Waals surface area contributed by atoms with Gasteiger partial charge in [0.15, 0.2) is 5.75 Å². The van der Waals surface area contributed by atoms with Crippen molar-refractivity contribution in [2.75, 3.05) is 0 Å². The minimum atomic E-state index is -0.528. The molecule has 1 heterocycles. The van der Waals surface area contributed by atoms with E-state index in [0.29, 0.717) is 5.56 Å². The highest BCUT2D eigenvalue weighted by Gasteiger charge is 2.09. The van der Waals surface area contributed by atoms with Crippen LogP contribution in [0.2, 0.25) is 0 Å². The van der Waals surface area contributed by atoms with Crippen LogP contribution in [0, 0.1) is 5.82 Å². The highest BCUT2D eigenvalue weighted by molar-refractivity contribution is 5.64. The zero-order valence-corrected chi connectivity index (χ0v) is 10.7. The van der Waals surface area contributed by atoms with Crippen molar-refractivity contribution < 1.29 is 9.50 Å². The van der Waals surface area contributed by atoms with E-state index in [4.69, 9.17) is 0 Å². The van der Waals surface area contributed by atoms with Crippen LogP contribution in [0.1, 0.15) is 25.3 Å². The fraction of sp³-hybridized carbons (Fsp3) is 0.200. The maximum Gasteiger partial charge on any atom is 0.227 e. The molecule has 19 heavy (non-hydrogen) atoms. The Morgan fingerprint density at radius 1 is 1.21 bits per heavy atom. The Balaban J connectivity index is 2.75. The van der Waals surface area contributed by atoms with Crippen LogP contribution in [0.4, 0.5) is 4.39 Å². The summed E-state index contributed by atoms with van der Waals surface area (Å²) in [6.07, 6.45) is 2.48. The minimum absolute atomic E-state index is 0.187. The van der Waals surface area contributed by atoms with Gasteiger partial charge in [0.05, 0.1) is 6.20 Å². The van der Waals surface area contributed by atoms with Gasteiger partial charge in [0.1, 0.15) is 5.82 Å². The number of nitrogens with zero attached hydrogens (tertiary/aromatic N) is 1. The Morgan fingerprint density at radius 2 is 1.95 bits per heavy atom. The second-order valence-electron chi connectivity index (χ2n) is 4.65. The van der Waals surface area contributed by atoms with Gasteiger partial charge in [0.2, 0.25) is 5.43 Å². The number of hydrogen-bond acceptors (Lipinski definition) is 3. The molecule has 0 atom stereocenters. The second-order valence-corrected chi connectivity index (χ2v) is 4.65. The van der Waals surface area contributed by atoms with E-state index in [-0.39, 0.29) is 17.2 Å². The molecule has 0 spiro atoms. The maximum absolute atomic E-state index is 13.2. The molecule has 1 N–H and O–H groups in total. The first-order valence-corrected chi connectivity index (χ1v) is 5.97. The summed E-state index contributed by atoms with van der Waals surface area (Å²) in [5, 5.41) is 9.67. The first kappa shape index (κ1) is 13.2. The lowest BCUT2D eigenvalue weighted by molar-refractivity contribution is 0.471. The molecule has 1 aromatic heterocycles. The summed E-state index contributed by atoms with van der Waals surface area (Å²) in [6, 6.07) is 5.96. The first-order chi connectivity index (χ1) is 8.99. The van der Waals surface area contributed by atoms with E-state index in [0.717, 1.165) is 11.8 Å². The molecule has 3 nitrogen and oxygen atoms in total. The van der Waals surface area contributed by atoms with Crippen molar-refractivity contribution in [2.24, 2.45) is 0 Å². The third-order valence-corrected chi connectivity index (χ3v) is 2.90. The molecular weight excluding hydrogens is 245 g/mol. The highest BCUT2D eigenvalue weighted by atomic mass is 19.1. The average molecular weight is 259 g/mol. The van der Waals surface area contributed by atoms with E-state index in [2.05, 4.69) is 4.98 Å². The number of aromatic hydroxyl groups is 1. The predicted octanol–water partition coefficient (Wildman–Crippen LogP) is 3.08. The Hall–Kier alpha value is -2.23. The SMILES string of the molecule is CC(C)c1ccc(O)c(=O)c(-c2cncc(F)c2)c1. The van der Waals surface area contributed by atoms with Gasteiger partial charge in [-0.1, -0.05) is 19.9 Å². The van der Waals surface area contributed by atoms with Crippen LogP contribution < -0.4 is 5.43 Å². The average Bonchev–Trinajstić information content (AvgIpc) is 2.51. The lowest BCUT2D eigenvalue weighted by atomic mass is 10.0. The molecule has 0 bridgehead atoms. The smallest absolute Gasteiger partial charge is 0.227 e. The van der Waals surface area contributed by atoms with Crippen molar-refractivity contribution in [2.45, 2.75) is 19.8 Å². The topological polar surface area (TPSA) is 50.2 Å². The number of pyridine rings is 1. The molecule has 2 rings (SSSR count). The summed E-state index contributed by atoms with van der Waals surface area (Å²) in [6.45, 7) is 3.95. The third-order valence-electron chi connectivity index (χ3n) is 2.90. The number of aromatic nitrogens is 1. The van der Waals surface area contributed by atoms with E-state index < -0.39 is 11.2 Å². The molecule has 0 radical (unpaired) electrons. The third kappa shape index (κ3) is 2.78. The van der Waals surface area contributed by atoms with E-state index in [1.807, 2.05) is 13.8 Å². The molecule has 0 unspecified atom stereocenters. The Labute approximate surface area is 110 Å². The van der Waals surface area contributed by atoms with Gasteiger partial charge in [-0.15, -0.1) is 0 Å². The molecule has 0 saturated heterocycles. The van der Waals surface area contributed by atoms with Crippen LogP contribution in [-0.4, -0.2) is 10.1 Å². The molecular formula is C15H14FNO2. The van der Waals surface area contributed by atoms with Gasteiger partial charge < -0.3 is 5.11 Å². The van der Waals surface area contributed by atoms with E-state index in [1.54, 1.807) is 12.1 Å². The van der Waals surface area contributed by atoms with Crippen LogP contribution in [-0.2, 0) is 0 Å². The summed E-state index contributed by atoms with van der Waals surface area (Å²) in [5.41, 5.74) is 0.965. The number of rotatable bonds is 2. The van der Waals surface area contributed by atoms with E-state index >= 15 is 0 Å². The molecule has 0 saturated carbocycles. The summed E-state index contributed by atoms with van der Waals surface area (Å²) in [4.78, 5) is 15.8. The summed E-state index contributed by atoms with van der Waals surface area (Å²) in [7, 11) is 0. The van der Waals surface area contributed by atoms with Crippen molar-refractivity contribution in [3.05, 3.63) is 58.3 Å². The van der Waals surface area contributed by atoms with Crippen molar-refractivity contribution >= 4 is 0 Å². The summed E-state index contributed by atoms with van der Waals surface area (Å²) >= 11 is 0. The van der Waals surface area contributed by atoms with Crippen molar-refractivity contribution in [3.63, 3.8) is 0 Å². The zero-order valence-electron chi connectivity index (χ0n) is 10.7. The van der Waals surface area contributed by atoms with Crippen LogP contribution in [0.5, 0.6) is 5.75 Å². The Bertz CT molecular complexity index is 668. The molecule has 0 fully saturated rings. The highest BCUT2D eigenvalue weighted by Crippen LogP contribution is 2.22. The Morgan fingerprint density at radius 3 is 2.58 bits per heavy atom. The first-order valence-electron chi connectivity index (χ1n) is 5.97. The maximum atomic E-state index is 13.2. The van der Waals surface area contributed by atoms with E-state index in [9.17, 15) is 14.3 Å².